The lowest BCUT2D eigenvalue weighted by atomic mass is 9.72. The Morgan fingerprint density at radius 1 is 1.26 bits per heavy atom. The Hall–Kier alpha value is -3.11. The largest absolute Gasteiger partial charge is 0.465 e. The van der Waals surface area contributed by atoms with Crippen LogP contribution >= 0.6 is 23.6 Å². The molecule has 0 bridgehead atoms. The summed E-state index contributed by atoms with van der Waals surface area (Å²) >= 11 is 6.77. The number of thiophene rings is 1. The van der Waals surface area contributed by atoms with E-state index in [2.05, 4.69) is 31.4 Å². The number of nitrogens with one attached hydrogen (secondary N) is 2. The molecule has 1 unspecified atom stereocenters. The maximum atomic E-state index is 12.5. The summed E-state index contributed by atoms with van der Waals surface area (Å²) in [5.74, 6) is -0.390. The highest BCUT2D eigenvalue weighted by Crippen LogP contribution is 2.44. The van der Waals surface area contributed by atoms with E-state index in [0.29, 0.717) is 22.0 Å². The third-order valence-electron chi connectivity index (χ3n) is 5.87. The van der Waals surface area contributed by atoms with Crippen molar-refractivity contribution in [3.05, 3.63) is 62.0 Å². The van der Waals surface area contributed by atoms with E-state index in [1.165, 1.54) is 42.7 Å². The molecule has 0 aliphatic heterocycles. The number of methoxy groups -OCH3 is 1. The Bertz CT molecular complexity index is 1150. The van der Waals surface area contributed by atoms with E-state index in [0.717, 1.165) is 29.7 Å². The van der Waals surface area contributed by atoms with Gasteiger partial charge >= 0.3 is 5.97 Å². The number of esters is 1. The average molecular weight is 502 g/mol. The predicted molar refractivity (Wildman–Crippen MR) is 137 cm³/mol. The van der Waals surface area contributed by atoms with Gasteiger partial charge < -0.3 is 10.1 Å². The Morgan fingerprint density at radius 2 is 1.94 bits per heavy atom. The molecular formula is C24H27N3O5S2. The van der Waals surface area contributed by atoms with Gasteiger partial charge in [-0.25, -0.2) is 4.79 Å². The van der Waals surface area contributed by atoms with Gasteiger partial charge in [-0.3, -0.25) is 20.2 Å². The minimum atomic E-state index is -0.488. The van der Waals surface area contributed by atoms with Crippen LogP contribution in [-0.2, 0) is 22.4 Å². The maximum Gasteiger partial charge on any atom is 0.341 e. The number of nitrogens with zero attached hydrogens (tertiary/aromatic N) is 1. The zero-order valence-electron chi connectivity index (χ0n) is 19.5. The molecule has 1 aromatic carbocycles. The number of hydrogen-bond donors (Lipinski definition) is 2. The number of benzene rings is 1. The Morgan fingerprint density at radius 3 is 2.53 bits per heavy atom. The van der Waals surface area contributed by atoms with Crippen molar-refractivity contribution in [3.63, 3.8) is 0 Å². The van der Waals surface area contributed by atoms with Crippen molar-refractivity contribution in [2.75, 3.05) is 12.4 Å². The molecule has 1 atom stereocenters. The summed E-state index contributed by atoms with van der Waals surface area (Å²) in [6.45, 7) is 6.68. The zero-order valence-corrected chi connectivity index (χ0v) is 21.1. The van der Waals surface area contributed by atoms with Gasteiger partial charge in [0.05, 0.1) is 17.6 Å². The first-order valence-corrected chi connectivity index (χ1v) is 12.0. The molecule has 8 nitrogen and oxygen atoms in total. The van der Waals surface area contributed by atoms with Gasteiger partial charge in [-0.15, -0.1) is 11.3 Å². The molecule has 1 heterocycles. The second kappa shape index (κ2) is 10.4. The molecule has 3 rings (SSSR count). The summed E-state index contributed by atoms with van der Waals surface area (Å²) in [4.78, 5) is 36.2. The van der Waals surface area contributed by atoms with Crippen molar-refractivity contribution in [1.82, 2.24) is 5.32 Å². The number of hydrogen-bond acceptors (Lipinski definition) is 7. The number of thiocarbonyl (C=S) groups is 1. The first-order valence-electron chi connectivity index (χ1n) is 10.8. The van der Waals surface area contributed by atoms with Gasteiger partial charge in [0, 0.05) is 23.1 Å². The summed E-state index contributed by atoms with van der Waals surface area (Å²) in [5.41, 5.74) is 2.24. The van der Waals surface area contributed by atoms with Crippen LogP contribution in [0.5, 0.6) is 0 Å². The molecule has 180 valence electrons. The minimum absolute atomic E-state index is 0.0270. The van der Waals surface area contributed by atoms with Gasteiger partial charge in [-0.2, -0.15) is 0 Å². The van der Waals surface area contributed by atoms with Crippen LogP contribution in [0.3, 0.4) is 0 Å². The van der Waals surface area contributed by atoms with E-state index < -0.39 is 16.8 Å². The molecule has 10 heteroatoms. The fraction of sp³-hybridized carbons (Fsp3) is 0.375. The van der Waals surface area contributed by atoms with E-state index >= 15 is 0 Å². The lowest BCUT2D eigenvalue weighted by Gasteiger charge is -2.33. The van der Waals surface area contributed by atoms with Crippen LogP contribution in [0.2, 0.25) is 0 Å². The molecule has 34 heavy (non-hydrogen) atoms. The van der Waals surface area contributed by atoms with Crippen molar-refractivity contribution in [2.24, 2.45) is 11.3 Å². The monoisotopic (exact) mass is 501 g/mol. The van der Waals surface area contributed by atoms with Gasteiger partial charge in [0.15, 0.2) is 5.11 Å². The molecular weight excluding hydrogens is 474 g/mol. The van der Waals surface area contributed by atoms with Crippen molar-refractivity contribution in [1.29, 1.82) is 0 Å². The molecule has 2 aromatic rings. The number of nitro groups is 1. The maximum absolute atomic E-state index is 12.5. The molecule has 1 amide bonds. The van der Waals surface area contributed by atoms with E-state index in [1.54, 1.807) is 12.1 Å². The zero-order chi connectivity index (χ0) is 25.0. The second-order valence-electron chi connectivity index (χ2n) is 9.13. The first kappa shape index (κ1) is 25.5. The molecule has 1 aliphatic carbocycles. The second-order valence-corrected chi connectivity index (χ2v) is 10.6. The van der Waals surface area contributed by atoms with Crippen LogP contribution in [0, 0.1) is 21.4 Å². The number of amides is 1. The van der Waals surface area contributed by atoms with Crippen LogP contribution in [0.1, 0.15) is 53.6 Å². The smallest absolute Gasteiger partial charge is 0.341 e. The van der Waals surface area contributed by atoms with Crippen LogP contribution < -0.4 is 10.6 Å². The molecule has 1 aromatic heterocycles. The topological polar surface area (TPSA) is 111 Å². The van der Waals surface area contributed by atoms with E-state index in [9.17, 15) is 19.7 Å². The van der Waals surface area contributed by atoms with Gasteiger partial charge in [-0.05, 0) is 72.1 Å². The Balaban J connectivity index is 1.70. The molecule has 2 N–H and O–H groups in total. The predicted octanol–water partition coefficient (Wildman–Crippen LogP) is 5.12. The third-order valence-corrected chi connectivity index (χ3v) is 7.25. The average Bonchev–Trinajstić information content (AvgIpc) is 3.13. The SMILES string of the molecule is COC(=O)c1c(NC(=S)NC(=O)/C=C/c2ccc([N+](=O)[O-])cc2)sc2c1CCC(C(C)(C)C)C2. The number of fused-ring (bicyclic) bond motifs is 1. The number of nitro benzene ring substituents is 1. The van der Waals surface area contributed by atoms with Crippen LogP contribution in [-0.4, -0.2) is 29.0 Å². The Kier molecular flexibility index (Phi) is 7.83. The third kappa shape index (κ3) is 6.06. The summed E-state index contributed by atoms with van der Waals surface area (Å²) < 4.78 is 5.01. The van der Waals surface area contributed by atoms with E-state index in [1.807, 2.05) is 0 Å². The molecule has 1 aliphatic rings. The fourth-order valence-corrected chi connectivity index (χ4v) is 5.49. The van der Waals surface area contributed by atoms with Crippen LogP contribution in [0.25, 0.3) is 6.08 Å². The van der Waals surface area contributed by atoms with E-state index in [4.69, 9.17) is 17.0 Å². The van der Waals surface area contributed by atoms with Gasteiger partial charge in [0.25, 0.3) is 5.69 Å². The first-order chi connectivity index (χ1) is 16.0. The van der Waals surface area contributed by atoms with E-state index in [-0.39, 0.29) is 16.2 Å². The highest BCUT2D eigenvalue weighted by molar-refractivity contribution is 7.80. The number of rotatable bonds is 5. The number of non-ortho nitro benzene ring substituents is 1. The summed E-state index contributed by atoms with van der Waals surface area (Å²) in [6, 6.07) is 5.81. The number of ether oxygens (including phenoxy) is 1. The van der Waals surface area contributed by atoms with Gasteiger partial charge in [-0.1, -0.05) is 20.8 Å². The summed E-state index contributed by atoms with van der Waals surface area (Å²) in [6.07, 6.45) is 5.47. The molecule has 0 saturated carbocycles. The number of carbonyl (C=O) groups is 2. The lowest BCUT2D eigenvalue weighted by molar-refractivity contribution is -0.384. The van der Waals surface area contributed by atoms with Crippen molar-refractivity contribution >= 4 is 57.3 Å². The number of carbonyl (C=O) groups excluding carboxylic acids is 2. The highest BCUT2D eigenvalue weighted by atomic mass is 32.1. The van der Waals surface area contributed by atoms with Crippen molar-refractivity contribution in [2.45, 2.75) is 40.0 Å². The van der Waals surface area contributed by atoms with Gasteiger partial charge in [0.2, 0.25) is 5.91 Å². The standard InChI is InChI=1S/C24H27N3O5S2/c1-24(2,3)15-8-11-17-18(13-15)34-21(20(17)22(29)32-4)26-23(33)25-19(28)12-7-14-5-9-16(10-6-14)27(30)31/h5-7,9-10,12,15H,8,11,13H2,1-4H3,(H2,25,26,28,33)/b12-7+. The lowest BCUT2D eigenvalue weighted by Crippen LogP contribution is -2.33. The highest BCUT2D eigenvalue weighted by Gasteiger charge is 2.34. The normalized spacial score (nSPS) is 15.5. The molecule has 0 saturated heterocycles. The molecule has 0 spiro atoms. The van der Waals surface area contributed by atoms with Crippen LogP contribution in [0.15, 0.2) is 30.3 Å². The Labute approximate surface area is 207 Å². The number of anilines is 1. The fourth-order valence-electron chi connectivity index (χ4n) is 3.90. The summed E-state index contributed by atoms with van der Waals surface area (Å²) in [5, 5.41) is 16.9. The van der Waals surface area contributed by atoms with Crippen molar-refractivity contribution in [3.8, 4) is 0 Å². The van der Waals surface area contributed by atoms with Crippen LogP contribution in [0.4, 0.5) is 10.7 Å². The van der Waals surface area contributed by atoms with Crippen molar-refractivity contribution < 1.29 is 19.2 Å². The summed E-state index contributed by atoms with van der Waals surface area (Å²) in [7, 11) is 1.35. The quantitative estimate of drug-likeness (QED) is 0.192. The molecule has 0 fully saturated rings. The molecule has 0 radical (unpaired) electrons. The minimum Gasteiger partial charge on any atom is -0.465 e. The van der Waals surface area contributed by atoms with Gasteiger partial charge in [0.1, 0.15) is 5.00 Å².